The predicted octanol–water partition coefficient (Wildman–Crippen LogP) is 3.26. The highest BCUT2D eigenvalue weighted by Gasteiger charge is 2.06. The molecule has 3 nitrogen and oxygen atoms in total. The van der Waals surface area contributed by atoms with Crippen LogP contribution in [0.3, 0.4) is 0 Å². The molecule has 0 saturated carbocycles. The van der Waals surface area contributed by atoms with Crippen LogP contribution in [0.5, 0.6) is 5.75 Å². The standard InChI is InChI=1S/C16H19NO2/c1-13(17)15-9-5-6-10-16(15)19-12-18-11-14-7-3-2-4-8-14/h2-10,13H,11-12,17H2,1H3. The van der Waals surface area contributed by atoms with Gasteiger partial charge in [0.15, 0.2) is 6.79 Å². The van der Waals surface area contributed by atoms with Crippen LogP contribution in [0.2, 0.25) is 0 Å². The van der Waals surface area contributed by atoms with E-state index in [9.17, 15) is 0 Å². The molecule has 0 bridgehead atoms. The highest BCUT2D eigenvalue weighted by molar-refractivity contribution is 5.35. The zero-order valence-corrected chi connectivity index (χ0v) is 11.1. The molecule has 1 unspecified atom stereocenters. The van der Waals surface area contributed by atoms with Crippen molar-refractivity contribution in [3.05, 3.63) is 65.7 Å². The Morgan fingerprint density at radius 3 is 2.42 bits per heavy atom. The van der Waals surface area contributed by atoms with Gasteiger partial charge < -0.3 is 15.2 Å². The monoisotopic (exact) mass is 257 g/mol. The molecule has 19 heavy (non-hydrogen) atoms. The first-order valence-corrected chi connectivity index (χ1v) is 6.36. The molecule has 0 aliphatic heterocycles. The first-order chi connectivity index (χ1) is 9.27. The van der Waals surface area contributed by atoms with Crippen LogP contribution in [0.25, 0.3) is 0 Å². The van der Waals surface area contributed by atoms with E-state index in [1.54, 1.807) is 0 Å². The van der Waals surface area contributed by atoms with E-state index in [0.29, 0.717) is 6.61 Å². The Bertz CT molecular complexity index is 497. The molecule has 0 amide bonds. The zero-order chi connectivity index (χ0) is 13.5. The second kappa shape index (κ2) is 6.92. The number of hydrogen-bond acceptors (Lipinski definition) is 3. The van der Waals surface area contributed by atoms with Gasteiger partial charge in [-0.3, -0.25) is 0 Å². The Balaban J connectivity index is 1.83. The second-order valence-corrected chi connectivity index (χ2v) is 4.42. The summed E-state index contributed by atoms with van der Waals surface area (Å²) < 4.78 is 11.1. The minimum atomic E-state index is -0.0506. The third-order valence-corrected chi connectivity index (χ3v) is 2.82. The largest absolute Gasteiger partial charge is 0.467 e. The van der Waals surface area contributed by atoms with E-state index in [4.69, 9.17) is 15.2 Å². The van der Waals surface area contributed by atoms with Gasteiger partial charge in [-0.2, -0.15) is 0 Å². The van der Waals surface area contributed by atoms with Crippen molar-refractivity contribution in [2.75, 3.05) is 6.79 Å². The molecule has 100 valence electrons. The Kier molecular flexibility index (Phi) is 4.95. The highest BCUT2D eigenvalue weighted by Crippen LogP contribution is 2.23. The number of para-hydroxylation sites is 1. The van der Waals surface area contributed by atoms with Crippen LogP contribution in [-0.4, -0.2) is 6.79 Å². The number of nitrogens with two attached hydrogens (primary N) is 1. The van der Waals surface area contributed by atoms with E-state index in [1.807, 2.05) is 61.5 Å². The van der Waals surface area contributed by atoms with Gasteiger partial charge in [0, 0.05) is 11.6 Å². The van der Waals surface area contributed by atoms with Crippen LogP contribution in [0, 0.1) is 0 Å². The molecule has 0 saturated heterocycles. The maximum atomic E-state index is 5.89. The molecule has 0 aliphatic rings. The zero-order valence-electron chi connectivity index (χ0n) is 11.1. The fraction of sp³-hybridized carbons (Fsp3) is 0.250. The molecule has 1 atom stereocenters. The lowest BCUT2D eigenvalue weighted by atomic mass is 10.1. The number of rotatable bonds is 6. The van der Waals surface area contributed by atoms with Gasteiger partial charge in [-0.25, -0.2) is 0 Å². The average Bonchev–Trinajstić information content (AvgIpc) is 2.45. The lowest BCUT2D eigenvalue weighted by Gasteiger charge is -2.13. The molecule has 2 aromatic rings. The van der Waals surface area contributed by atoms with Crippen LogP contribution in [0.4, 0.5) is 0 Å². The van der Waals surface area contributed by atoms with Gasteiger partial charge in [0.1, 0.15) is 5.75 Å². The van der Waals surface area contributed by atoms with Crippen molar-refractivity contribution >= 4 is 0 Å². The molecule has 0 aromatic heterocycles. The van der Waals surface area contributed by atoms with Crippen LogP contribution in [0.1, 0.15) is 24.1 Å². The van der Waals surface area contributed by atoms with E-state index in [-0.39, 0.29) is 12.8 Å². The minimum Gasteiger partial charge on any atom is -0.467 e. The summed E-state index contributed by atoms with van der Waals surface area (Å²) in [5.41, 5.74) is 8.01. The summed E-state index contributed by atoms with van der Waals surface area (Å²) in [6, 6.07) is 17.7. The van der Waals surface area contributed by atoms with Crippen molar-refractivity contribution in [3.63, 3.8) is 0 Å². The molecule has 0 fully saturated rings. The average molecular weight is 257 g/mol. The molecule has 0 aliphatic carbocycles. The minimum absolute atomic E-state index is 0.0506. The summed E-state index contributed by atoms with van der Waals surface area (Å²) in [5.74, 6) is 0.783. The number of benzene rings is 2. The lowest BCUT2D eigenvalue weighted by Crippen LogP contribution is -2.09. The van der Waals surface area contributed by atoms with Crippen LogP contribution < -0.4 is 10.5 Å². The van der Waals surface area contributed by atoms with E-state index in [2.05, 4.69) is 0 Å². The van der Waals surface area contributed by atoms with Crippen molar-refractivity contribution < 1.29 is 9.47 Å². The smallest absolute Gasteiger partial charge is 0.189 e. The van der Waals surface area contributed by atoms with Crippen LogP contribution >= 0.6 is 0 Å². The van der Waals surface area contributed by atoms with Gasteiger partial charge in [0.05, 0.1) is 6.61 Å². The first-order valence-electron chi connectivity index (χ1n) is 6.36. The quantitative estimate of drug-likeness (QED) is 0.638. The molecular weight excluding hydrogens is 238 g/mol. The van der Waals surface area contributed by atoms with Crippen molar-refractivity contribution in [3.8, 4) is 5.75 Å². The van der Waals surface area contributed by atoms with Gasteiger partial charge in [-0.15, -0.1) is 0 Å². The summed E-state index contributed by atoms with van der Waals surface area (Å²) in [6.45, 7) is 2.70. The Labute approximate surface area is 114 Å². The molecule has 0 heterocycles. The Hall–Kier alpha value is -1.84. The summed E-state index contributed by atoms with van der Waals surface area (Å²) in [4.78, 5) is 0. The van der Waals surface area contributed by atoms with Crippen molar-refractivity contribution in [2.45, 2.75) is 19.6 Å². The van der Waals surface area contributed by atoms with Gasteiger partial charge in [0.2, 0.25) is 0 Å². The highest BCUT2D eigenvalue weighted by atomic mass is 16.7. The summed E-state index contributed by atoms with van der Waals surface area (Å²) in [6.07, 6.45) is 0. The Morgan fingerprint density at radius 1 is 1.00 bits per heavy atom. The van der Waals surface area contributed by atoms with E-state index < -0.39 is 0 Å². The summed E-state index contributed by atoms with van der Waals surface area (Å²) in [5, 5.41) is 0. The first kappa shape index (κ1) is 13.6. The van der Waals surface area contributed by atoms with Crippen molar-refractivity contribution in [1.29, 1.82) is 0 Å². The fourth-order valence-electron chi connectivity index (χ4n) is 1.83. The summed E-state index contributed by atoms with van der Waals surface area (Å²) >= 11 is 0. The van der Waals surface area contributed by atoms with Gasteiger partial charge in [-0.05, 0) is 18.6 Å². The topological polar surface area (TPSA) is 44.5 Å². The fourth-order valence-corrected chi connectivity index (χ4v) is 1.83. The third kappa shape index (κ3) is 4.09. The van der Waals surface area contributed by atoms with Gasteiger partial charge in [0.25, 0.3) is 0 Å². The maximum absolute atomic E-state index is 5.89. The van der Waals surface area contributed by atoms with Crippen molar-refractivity contribution in [2.24, 2.45) is 5.73 Å². The van der Waals surface area contributed by atoms with E-state index in [0.717, 1.165) is 16.9 Å². The van der Waals surface area contributed by atoms with Crippen LogP contribution in [-0.2, 0) is 11.3 Å². The molecular formula is C16H19NO2. The lowest BCUT2D eigenvalue weighted by molar-refractivity contribution is 0.00441. The third-order valence-electron chi connectivity index (χ3n) is 2.82. The van der Waals surface area contributed by atoms with E-state index >= 15 is 0 Å². The SMILES string of the molecule is CC(N)c1ccccc1OCOCc1ccccc1. The second-order valence-electron chi connectivity index (χ2n) is 4.42. The molecule has 0 spiro atoms. The van der Waals surface area contributed by atoms with E-state index in [1.165, 1.54) is 0 Å². The molecule has 2 rings (SSSR count). The normalized spacial score (nSPS) is 12.1. The van der Waals surface area contributed by atoms with Gasteiger partial charge in [-0.1, -0.05) is 48.5 Å². The predicted molar refractivity (Wildman–Crippen MR) is 75.8 cm³/mol. The van der Waals surface area contributed by atoms with Crippen molar-refractivity contribution in [1.82, 2.24) is 0 Å². The molecule has 3 heteroatoms. The Morgan fingerprint density at radius 2 is 1.68 bits per heavy atom. The molecule has 2 N–H and O–H groups in total. The number of hydrogen-bond donors (Lipinski definition) is 1. The van der Waals surface area contributed by atoms with Gasteiger partial charge >= 0.3 is 0 Å². The van der Waals surface area contributed by atoms with Crippen LogP contribution in [0.15, 0.2) is 54.6 Å². The maximum Gasteiger partial charge on any atom is 0.189 e. The molecule has 0 radical (unpaired) electrons. The molecule has 2 aromatic carbocycles. The number of ether oxygens (including phenoxy) is 2. The summed E-state index contributed by atoms with van der Waals surface area (Å²) in [7, 11) is 0.